The molecule has 0 radical (unpaired) electrons. The molecule has 0 saturated carbocycles. The van der Waals surface area contributed by atoms with Crippen molar-refractivity contribution in [2.24, 2.45) is 0 Å². The van der Waals surface area contributed by atoms with Gasteiger partial charge in [0.25, 0.3) is 0 Å². The summed E-state index contributed by atoms with van der Waals surface area (Å²) in [4.78, 5) is 14.8. The van der Waals surface area contributed by atoms with E-state index in [2.05, 4.69) is 0 Å². The molecule has 2 aromatic carbocycles. The van der Waals surface area contributed by atoms with Crippen LogP contribution >= 0.6 is 11.6 Å². The molecule has 0 saturated heterocycles. The Kier molecular flexibility index (Phi) is 6.04. The molecule has 4 nitrogen and oxygen atoms in total. The van der Waals surface area contributed by atoms with Crippen molar-refractivity contribution >= 4 is 17.5 Å². The average molecular weight is 420 g/mol. The predicted octanol–water partition coefficient (Wildman–Crippen LogP) is 4.06. The van der Waals surface area contributed by atoms with E-state index < -0.39 is 17.5 Å². The van der Waals surface area contributed by atoms with Crippen LogP contribution in [0.4, 0.5) is 4.39 Å². The molecule has 0 aliphatic carbocycles. The number of hydrogen-bond acceptors (Lipinski definition) is 3. The van der Waals surface area contributed by atoms with Gasteiger partial charge in [0.2, 0.25) is 5.91 Å². The number of hydrogen-bond donors (Lipinski definition) is 2. The van der Waals surface area contributed by atoms with Crippen molar-refractivity contribution < 1.29 is 19.4 Å². The lowest BCUT2D eigenvalue weighted by Gasteiger charge is -2.43. The molecular weight excluding hydrogens is 393 g/mol. The van der Waals surface area contributed by atoms with Crippen LogP contribution in [0, 0.1) is 12.7 Å². The molecule has 0 spiro atoms. The maximum absolute atomic E-state index is 14.3. The number of aliphatic hydroxyl groups is 2. The Morgan fingerprint density at radius 1 is 1.31 bits per heavy atom. The van der Waals surface area contributed by atoms with E-state index in [0.29, 0.717) is 12.0 Å². The van der Waals surface area contributed by atoms with Gasteiger partial charge in [-0.05, 0) is 62.4 Å². The van der Waals surface area contributed by atoms with Crippen LogP contribution in [0.1, 0.15) is 54.6 Å². The molecule has 2 N–H and O–H groups in total. The SMILES string of the molecule is Cc1ccc(F)c(CC(=O)N2[C@@H](CO)Cc3c(cccc3C(C)(C)O)[C@@H]2C)c1Cl. The molecular formula is C23H27ClFNO3. The molecule has 29 heavy (non-hydrogen) atoms. The maximum Gasteiger partial charge on any atom is 0.228 e. The first kappa shape index (κ1) is 21.8. The highest BCUT2D eigenvalue weighted by molar-refractivity contribution is 6.32. The third-order valence-electron chi connectivity index (χ3n) is 5.78. The summed E-state index contributed by atoms with van der Waals surface area (Å²) < 4.78 is 14.3. The third-order valence-corrected chi connectivity index (χ3v) is 6.30. The topological polar surface area (TPSA) is 60.8 Å². The van der Waals surface area contributed by atoms with Gasteiger partial charge in [-0.15, -0.1) is 0 Å². The van der Waals surface area contributed by atoms with Crippen LogP contribution in [-0.4, -0.2) is 33.7 Å². The Labute approximate surface area is 175 Å². The highest BCUT2D eigenvalue weighted by Crippen LogP contribution is 2.38. The summed E-state index contributed by atoms with van der Waals surface area (Å²) in [5.41, 5.74) is 2.53. The van der Waals surface area contributed by atoms with Gasteiger partial charge in [0.1, 0.15) is 5.82 Å². The first-order valence-corrected chi connectivity index (χ1v) is 10.1. The molecule has 0 aromatic heterocycles. The minimum atomic E-state index is -1.03. The molecule has 1 heterocycles. The number of nitrogens with zero attached hydrogens (tertiary/aromatic N) is 1. The fourth-order valence-corrected chi connectivity index (χ4v) is 4.51. The predicted molar refractivity (Wildman–Crippen MR) is 111 cm³/mol. The highest BCUT2D eigenvalue weighted by atomic mass is 35.5. The van der Waals surface area contributed by atoms with Crippen LogP contribution < -0.4 is 0 Å². The third kappa shape index (κ3) is 4.04. The zero-order valence-corrected chi connectivity index (χ0v) is 17.9. The molecule has 3 rings (SSSR count). The number of aliphatic hydroxyl groups excluding tert-OH is 1. The molecule has 1 aliphatic rings. The van der Waals surface area contributed by atoms with Crippen LogP contribution in [0.5, 0.6) is 0 Å². The van der Waals surface area contributed by atoms with Crippen LogP contribution in [-0.2, 0) is 23.2 Å². The summed E-state index contributed by atoms with van der Waals surface area (Å²) in [5.74, 6) is -0.800. The number of fused-ring (bicyclic) bond motifs is 1. The molecule has 0 bridgehead atoms. The van der Waals surface area contributed by atoms with Gasteiger partial charge in [-0.2, -0.15) is 0 Å². The molecule has 2 atom stereocenters. The Morgan fingerprint density at radius 2 is 2.00 bits per heavy atom. The van der Waals surface area contributed by atoms with Crippen molar-refractivity contribution in [1.29, 1.82) is 0 Å². The van der Waals surface area contributed by atoms with Crippen LogP contribution in [0.15, 0.2) is 30.3 Å². The van der Waals surface area contributed by atoms with Gasteiger partial charge < -0.3 is 15.1 Å². The van der Waals surface area contributed by atoms with Crippen LogP contribution in [0.2, 0.25) is 5.02 Å². The average Bonchev–Trinajstić information content (AvgIpc) is 2.66. The minimum absolute atomic E-state index is 0.173. The summed E-state index contributed by atoms with van der Waals surface area (Å²) in [6, 6.07) is 7.79. The van der Waals surface area contributed by atoms with Crippen LogP contribution in [0.25, 0.3) is 0 Å². The molecule has 1 aliphatic heterocycles. The van der Waals surface area contributed by atoms with E-state index in [1.165, 1.54) is 6.07 Å². The molecule has 6 heteroatoms. The van der Waals surface area contributed by atoms with Gasteiger partial charge in [-0.25, -0.2) is 4.39 Å². The monoisotopic (exact) mass is 419 g/mol. The molecule has 1 amide bonds. The second-order valence-corrected chi connectivity index (χ2v) is 8.66. The Hall–Kier alpha value is -1.95. The number of benzene rings is 2. The van der Waals surface area contributed by atoms with Crippen molar-refractivity contribution in [3.8, 4) is 0 Å². The second-order valence-electron chi connectivity index (χ2n) is 8.28. The quantitative estimate of drug-likeness (QED) is 0.785. The van der Waals surface area contributed by atoms with Gasteiger partial charge in [-0.1, -0.05) is 35.9 Å². The fourth-order valence-electron chi connectivity index (χ4n) is 4.29. The van der Waals surface area contributed by atoms with E-state index in [0.717, 1.165) is 16.7 Å². The summed E-state index contributed by atoms with van der Waals surface area (Å²) in [5, 5.41) is 20.8. The Morgan fingerprint density at radius 3 is 2.62 bits per heavy atom. The largest absolute Gasteiger partial charge is 0.394 e. The van der Waals surface area contributed by atoms with Gasteiger partial charge in [-0.3, -0.25) is 4.79 Å². The first-order valence-electron chi connectivity index (χ1n) is 9.76. The Bertz CT molecular complexity index is 938. The van der Waals surface area contributed by atoms with E-state index in [1.54, 1.807) is 31.7 Å². The van der Waals surface area contributed by atoms with Gasteiger partial charge >= 0.3 is 0 Å². The molecule has 156 valence electrons. The van der Waals surface area contributed by atoms with Crippen molar-refractivity contribution in [2.75, 3.05) is 6.61 Å². The summed E-state index contributed by atoms with van der Waals surface area (Å²) >= 11 is 6.25. The molecule has 0 fully saturated rings. The number of aryl methyl sites for hydroxylation is 1. The summed E-state index contributed by atoms with van der Waals surface area (Å²) in [6.45, 7) is 6.88. The number of halogens is 2. The lowest BCUT2D eigenvalue weighted by Crippen LogP contribution is -2.49. The summed E-state index contributed by atoms with van der Waals surface area (Å²) in [7, 11) is 0. The zero-order valence-electron chi connectivity index (χ0n) is 17.2. The standard InChI is InChI=1S/C23H27ClFNO3/c1-13-8-9-20(25)18(22(13)24)11-21(28)26-14(2)16-6-5-7-19(23(3,4)29)17(16)10-15(26)12-27/h5-9,14-15,27,29H,10-12H2,1-4H3/t14-,15+/m0/s1. The molecule has 0 unspecified atom stereocenters. The van der Waals surface area contributed by atoms with Gasteiger partial charge in [0.05, 0.1) is 35.7 Å². The molecule has 2 aromatic rings. The first-order chi connectivity index (χ1) is 13.6. The second kappa shape index (κ2) is 8.05. The van der Waals surface area contributed by atoms with Crippen molar-refractivity contribution in [1.82, 2.24) is 4.90 Å². The minimum Gasteiger partial charge on any atom is -0.394 e. The highest BCUT2D eigenvalue weighted by Gasteiger charge is 2.37. The van der Waals surface area contributed by atoms with E-state index in [9.17, 15) is 19.4 Å². The Balaban J connectivity index is 1.99. The number of rotatable bonds is 4. The zero-order chi connectivity index (χ0) is 21.5. The van der Waals surface area contributed by atoms with E-state index in [1.807, 2.05) is 25.1 Å². The van der Waals surface area contributed by atoms with Crippen molar-refractivity contribution in [3.63, 3.8) is 0 Å². The van der Waals surface area contributed by atoms with Gasteiger partial charge in [0.15, 0.2) is 0 Å². The number of carbonyl (C=O) groups is 1. The normalized spacial score (nSPS) is 19.2. The number of amides is 1. The number of carbonyl (C=O) groups excluding carboxylic acids is 1. The van der Waals surface area contributed by atoms with E-state index in [-0.39, 0.29) is 35.6 Å². The van der Waals surface area contributed by atoms with E-state index in [4.69, 9.17) is 11.6 Å². The fraction of sp³-hybridized carbons (Fsp3) is 0.435. The van der Waals surface area contributed by atoms with Crippen molar-refractivity contribution in [2.45, 2.75) is 58.2 Å². The van der Waals surface area contributed by atoms with E-state index >= 15 is 0 Å². The smallest absolute Gasteiger partial charge is 0.228 e. The lowest BCUT2D eigenvalue weighted by atomic mass is 9.81. The maximum atomic E-state index is 14.3. The lowest BCUT2D eigenvalue weighted by molar-refractivity contribution is -0.137. The van der Waals surface area contributed by atoms with Crippen LogP contribution in [0.3, 0.4) is 0 Å². The summed E-state index contributed by atoms with van der Waals surface area (Å²) in [6.07, 6.45) is 0.250. The van der Waals surface area contributed by atoms with Gasteiger partial charge in [0, 0.05) is 5.56 Å². The van der Waals surface area contributed by atoms with Crippen molar-refractivity contribution in [3.05, 3.63) is 69.0 Å².